The van der Waals surface area contributed by atoms with E-state index in [0.717, 1.165) is 5.56 Å². The van der Waals surface area contributed by atoms with Gasteiger partial charge in [-0.05, 0) is 36.2 Å². The molecule has 0 saturated heterocycles. The standard InChI is InChI=1S/C15H14ClFOS/c16-12-5-3-4-11(8-12)9-13(18)10-19-15-7-2-1-6-14(15)17/h1-8,13,18H,9-10H2. The molecule has 0 aliphatic heterocycles. The summed E-state index contributed by atoms with van der Waals surface area (Å²) in [6, 6.07) is 14.0. The molecule has 0 amide bonds. The van der Waals surface area contributed by atoms with Crippen molar-refractivity contribution >= 4 is 23.4 Å². The van der Waals surface area contributed by atoms with Gasteiger partial charge in [0.05, 0.1) is 6.10 Å². The van der Waals surface area contributed by atoms with Crippen molar-refractivity contribution in [3.05, 3.63) is 64.9 Å². The molecule has 0 saturated carbocycles. The van der Waals surface area contributed by atoms with Crippen LogP contribution in [0.4, 0.5) is 4.39 Å². The third kappa shape index (κ3) is 4.53. The van der Waals surface area contributed by atoms with Crippen LogP contribution in [0.25, 0.3) is 0 Å². The molecule has 19 heavy (non-hydrogen) atoms. The second-order valence-electron chi connectivity index (χ2n) is 4.23. The van der Waals surface area contributed by atoms with E-state index in [4.69, 9.17) is 11.6 Å². The SMILES string of the molecule is OC(CSc1ccccc1F)Cc1cccc(Cl)c1. The van der Waals surface area contributed by atoms with Gasteiger partial charge in [0.2, 0.25) is 0 Å². The predicted octanol–water partition coefficient (Wildman–Crippen LogP) is 4.17. The minimum absolute atomic E-state index is 0.248. The Balaban J connectivity index is 1.88. The Labute approximate surface area is 121 Å². The minimum Gasteiger partial charge on any atom is -0.392 e. The molecule has 4 heteroatoms. The van der Waals surface area contributed by atoms with Crippen molar-refractivity contribution in [2.45, 2.75) is 17.4 Å². The third-order valence-corrected chi connectivity index (χ3v) is 4.06. The summed E-state index contributed by atoms with van der Waals surface area (Å²) < 4.78 is 13.4. The molecule has 1 atom stereocenters. The molecule has 1 N–H and O–H groups in total. The number of rotatable bonds is 5. The van der Waals surface area contributed by atoms with Gasteiger partial charge in [0.1, 0.15) is 5.82 Å². The third-order valence-electron chi connectivity index (χ3n) is 2.63. The summed E-state index contributed by atoms with van der Waals surface area (Å²) >= 11 is 7.21. The second kappa shape index (κ2) is 6.94. The minimum atomic E-state index is -0.525. The van der Waals surface area contributed by atoms with Gasteiger partial charge >= 0.3 is 0 Å². The summed E-state index contributed by atoms with van der Waals surface area (Å²) in [6.45, 7) is 0. The molecule has 1 nitrogen and oxygen atoms in total. The van der Waals surface area contributed by atoms with Crippen LogP contribution in [0.2, 0.25) is 5.02 Å². The maximum atomic E-state index is 13.4. The quantitative estimate of drug-likeness (QED) is 0.836. The number of benzene rings is 2. The van der Waals surface area contributed by atoms with Gasteiger partial charge in [-0.15, -0.1) is 11.8 Å². The predicted molar refractivity (Wildman–Crippen MR) is 78.3 cm³/mol. The molecule has 100 valence electrons. The Morgan fingerprint density at radius 2 is 1.95 bits per heavy atom. The highest BCUT2D eigenvalue weighted by Gasteiger charge is 2.09. The van der Waals surface area contributed by atoms with Crippen LogP contribution in [-0.4, -0.2) is 17.0 Å². The fraction of sp³-hybridized carbons (Fsp3) is 0.200. The van der Waals surface area contributed by atoms with Crippen molar-refractivity contribution < 1.29 is 9.50 Å². The van der Waals surface area contributed by atoms with Crippen LogP contribution in [-0.2, 0) is 6.42 Å². The maximum absolute atomic E-state index is 13.4. The summed E-state index contributed by atoms with van der Waals surface area (Å²) in [5, 5.41) is 10.6. The highest BCUT2D eigenvalue weighted by molar-refractivity contribution is 7.99. The molecule has 0 spiro atoms. The van der Waals surface area contributed by atoms with Gasteiger partial charge in [-0.25, -0.2) is 4.39 Å². The fourth-order valence-corrected chi connectivity index (χ4v) is 2.83. The highest BCUT2D eigenvalue weighted by Crippen LogP contribution is 2.23. The van der Waals surface area contributed by atoms with Crippen LogP contribution in [0.3, 0.4) is 0 Å². The van der Waals surface area contributed by atoms with Crippen LogP contribution in [0.5, 0.6) is 0 Å². The lowest BCUT2D eigenvalue weighted by Crippen LogP contribution is -2.13. The zero-order chi connectivity index (χ0) is 13.7. The van der Waals surface area contributed by atoms with Gasteiger partial charge in [0.25, 0.3) is 0 Å². The van der Waals surface area contributed by atoms with Gasteiger partial charge in [-0.2, -0.15) is 0 Å². The zero-order valence-electron chi connectivity index (χ0n) is 10.2. The first kappa shape index (κ1) is 14.4. The van der Waals surface area contributed by atoms with Gasteiger partial charge in [0.15, 0.2) is 0 Å². The molecule has 0 aliphatic rings. The normalized spacial score (nSPS) is 12.4. The van der Waals surface area contributed by atoms with E-state index in [1.165, 1.54) is 17.8 Å². The maximum Gasteiger partial charge on any atom is 0.136 e. The van der Waals surface area contributed by atoms with Gasteiger partial charge in [-0.1, -0.05) is 35.9 Å². The molecule has 0 radical (unpaired) electrons. The summed E-state index contributed by atoms with van der Waals surface area (Å²) in [6.07, 6.45) is -0.00905. The molecular formula is C15H14ClFOS. The van der Waals surface area contributed by atoms with Crippen molar-refractivity contribution in [2.75, 3.05) is 5.75 Å². The van der Waals surface area contributed by atoms with Crippen LogP contribution in [0.1, 0.15) is 5.56 Å². The van der Waals surface area contributed by atoms with Crippen molar-refractivity contribution in [2.24, 2.45) is 0 Å². The lowest BCUT2D eigenvalue weighted by molar-refractivity contribution is 0.200. The van der Waals surface area contributed by atoms with Crippen molar-refractivity contribution in [3.8, 4) is 0 Å². The Morgan fingerprint density at radius 1 is 1.16 bits per heavy atom. The van der Waals surface area contributed by atoms with Crippen molar-refractivity contribution in [1.82, 2.24) is 0 Å². The average Bonchev–Trinajstić information content (AvgIpc) is 2.38. The highest BCUT2D eigenvalue weighted by atomic mass is 35.5. The smallest absolute Gasteiger partial charge is 0.136 e. The zero-order valence-corrected chi connectivity index (χ0v) is 11.8. The number of hydrogen-bond donors (Lipinski definition) is 1. The Kier molecular flexibility index (Phi) is 5.25. The summed E-state index contributed by atoms with van der Waals surface area (Å²) in [5.74, 6) is 0.204. The molecule has 2 aromatic carbocycles. The lowest BCUT2D eigenvalue weighted by Gasteiger charge is -2.11. The first-order valence-electron chi connectivity index (χ1n) is 5.95. The second-order valence-corrected chi connectivity index (χ2v) is 5.73. The van der Waals surface area contributed by atoms with E-state index in [9.17, 15) is 9.50 Å². The summed E-state index contributed by atoms with van der Waals surface area (Å²) in [5.41, 5.74) is 0.981. The van der Waals surface area contributed by atoms with E-state index in [2.05, 4.69) is 0 Å². The lowest BCUT2D eigenvalue weighted by atomic mass is 10.1. The molecule has 0 aliphatic carbocycles. The largest absolute Gasteiger partial charge is 0.392 e. The average molecular weight is 297 g/mol. The first-order chi connectivity index (χ1) is 9.15. The number of thioether (sulfide) groups is 1. The van der Waals surface area contributed by atoms with Crippen LogP contribution >= 0.6 is 23.4 Å². The molecule has 0 bridgehead atoms. The molecule has 0 fully saturated rings. The van der Waals surface area contributed by atoms with E-state index in [1.54, 1.807) is 24.3 Å². The molecule has 2 aromatic rings. The first-order valence-corrected chi connectivity index (χ1v) is 7.31. The van der Waals surface area contributed by atoms with Crippen molar-refractivity contribution in [1.29, 1.82) is 0 Å². The molecule has 2 rings (SSSR count). The molecule has 0 heterocycles. The van der Waals surface area contributed by atoms with Gasteiger partial charge < -0.3 is 5.11 Å². The van der Waals surface area contributed by atoms with Crippen molar-refractivity contribution in [3.63, 3.8) is 0 Å². The van der Waals surface area contributed by atoms with Crippen LogP contribution in [0.15, 0.2) is 53.4 Å². The van der Waals surface area contributed by atoms with E-state index in [1.807, 2.05) is 18.2 Å². The number of aliphatic hydroxyl groups is 1. The molecular weight excluding hydrogens is 283 g/mol. The fourth-order valence-electron chi connectivity index (χ4n) is 1.74. The number of halogens is 2. The number of aliphatic hydroxyl groups excluding tert-OH is 1. The van der Waals surface area contributed by atoms with Crippen LogP contribution in [0, 0.1) is 5.82 Å². The van der Waals surface area contributed by atoms with Gasteiger partial charge in [0, 0.05) is 15.7 Å². The van der Waals surface area contributed by atoms with E-state index in [0.29, 0.717) is 22.1 Å². The van der Waals surface area contributed by atoms with E-state index >= 15 is 0 Å². The number of hydrogen-bond acceptors (Lipinski definition) is 2. The Hall–Kier alpha value is -1.03. The summed E-state index contributed by atoms with van der Waals surface area (Å²) in [4.78, 5) is 0.563. The molecule has 0 aromatic heterocycles. The summed E-state index contributed by atoms with van der Waals surface area (Å²) in [7, 11) is 0. The topological polar surface area (TPSA) is 20.2 Å². The Morgan fingerprint density at radius 3 is 2.68 bits per heavy atom. The monoisotopic (exact) mass is 296 g/mol. The Bertz CT molecular complexity index is 547. The van der Waals surface area contributed by atoms with E-state index in [-0.39, 0.29) is 5.82 Å². The van der Waals surface area contributed by atoms with Crippen LogP contribution < -0.4 is 0 Å². The van der Waals surface area contributed by atoms with E-state index < -0.39 is 6.10 Å². The molecule has 1 unspecified atom stereocenters. The van der Waals surface area contributed by atoms with Gasteiger partial charge in [-0.3, -0.25) is 0 Å².